The molecule has 27 heavy (non-hydrogen) atoms. The van der Waals surface area contributed by atoms with Crippen molar-refractivity contribution < 1.29 is 13.9 Å². The van der Waals surface area contributed by atoms with Crippen LogP contribution in [0.2, 0.25) is 0 Å². The van der Waals surface area contributed by atoms with E-state index in [9.17, 15) is 9.18 Å². The molecular weight excluding hydrogens is 369 g/mol. The van der Waals surface area contributed by atoms with Crippen LogP contribution in [0.1, 0.15) is 0 Å². The summed E-state index contributed by atoms with van der Waals surface area (Å²) in [5, 5.41) is 6.55. The molecule has 4 rings (SSSR count). The third-order valence-corrected chi connectivity index (χ3v) is 5.19. The number of halogens is 1. The van der Waals surface area contributed by atoms with E-state index in [2.05, 4.69) is 20.6 Å². The van der Waals surface area contributed by atoms with Gasteiger partial charge in [0.2, 0.25) is 0 Å². The molecule has 2 amide bonds. The molecule has 1 fully saturated rings. The molecule has 9 heteroatoms. The van der Waals surface area contributed by atoms with Crippen LogP contribution in [0, 0.1) is 5.82 Å². The summed E-state index contributed by atoms with van der Waals surface area (Å²) in [5.41, 5.74) is 0.661. The number of hydrogen-bond donors (Lipinski definition) is 2. The molecule has 7 nitrogen and oxygen atoms in total. The summed E-state index contributed by atoms with van der Waals surface area (Å²) >= 11 is 1.25. The van der Waals surface area contributed by atoms with Gasteiger partial charge < -0.3 is 15.0 Å². The Morgan fingerprint density at radius 3 is 3.22 bits per heavy atom. The first-order valence-electron chi connectivity index (χ1n) is 8.56. The van der Waals surface area contributed by atoms with Crippen LogP contribution in [0.4, 0.5) is 14.3 Å². The molecule has 0 bridgehead atoms. The highest BCUT2D eigenvalue weighted by molar-refractivity contribution is 7.22. The fourth-order valence-electron chi connectivity index (χ4n) is 2.92. The molecule has 3 heterocycles. The molecule has 0 saturated carbocycles. The van der Waals surface area contributed by atoms with Crippen LogP contribution in [0.3, 0.4) is 0 Å². The average molecular weight is 387 g/mol. The molecular formula is C18H18FN5O2S. The zero-order valence-electron chi connectivity index (χ0n) is 14.4. The molecule has 1 unspecified atom stereocenters. The first-order chi connectivity index (χ1) is 13.2. The van der Waals surface area contributed by atoms with E-state index in [0.29, 0.717) is 47.3 Å². The molecule has 0 radical (unpaired) electrons. The minimum Gasteiger partial charge on any atom is -0.490 e. The van der Waals surface area contributed by atoms with Gasteiger partial charge in [-0.15, -0.1) is 0 Å². The summed E-state index contributed by atoms with van der Waals surface area (Å²) < 4.78 is 19.8. The smallest absolute Gasteiger partial charge is 0.324 e. The summed E-state index contributed by atoms with van der Waals surface area (Å²) in [6.45, 7) is 2.27. The number of rotatable bonds is 4. The Bertz CT molecular complexity index is 936. The fourth-order valence-corrected chi connectivity index (χ4v) is 3.80. The maximum absolute atomic E-state index is 13.3. The van der Waals surface area contributed by atoms with Crippen LogP contribution >= 0.6 is 11.3 Å². The number of urea groups is 1. The highest BCUT2D eigenvalue weighted by Gasteiger charge is 2.28. The Labute approximate surface area is 159 Å². The van der Waals surface area contributed by atoms with Crippen LogP contribution < -0.4 is 15.4 Å². The van der Waals surface area contributed by atoms with Gasteiger partial charge in [-0.05, 0) is 30.3 Å². The Hall–Kier alpha value is -2.78. The molecule has 1 atom stereocenters. The van der Waals surface area contributed by atoms with Gasteiger partial charge in [0.15, 0.2) is 5.13 Å². The number of carbonyl (C=O) groups is 1. The first kappa shape index (κ1) is 17.6. The second kappa shape index (κ2) is 7.85. The molecule has 1 aromatic carbocycles. The Morgan fingerprint density at radius 1 is 1.44 bits per heavy atom. The monoisotopic (exact) mass is 387 g/mol. The number of carbonyl (C=O) groups excluding carboxylic acids is 1. The number of piperazine rings is 1. The molecule has 1 aliphatic heterocycles. The highest BCUT2D eigenvalue weighted by atomic mass is 32.1. The topological polar surface area (TPSA) is 79.4 Å². The highest BCUT2D eigenvalue weighted by Crippen LogP contribution is 2.26. The maximum Gasteiger partial charge on any atom is 0.324 e. The van der Waals surface area contributed by atoms with Crippen molar-refractivity contribution in [2.24, 2.45) is 0 Å². The van der Waals surface area contributed by atoms with Gasteiger partial charge in [-0.1, -0.05) is 11.3 Å². The van der Waals surface area contributed by atoms with Crippen LogP contribution in [-0.2, 0) is 0 Å². The number of hydrogen-bond acceptors (Lipinski definition) is 6. The normalized spacial score (nSPS) is 17.1. The number of ether oxygens (including phenoxy) is 1. The van der Waals surface area contributed by atoms with E-state index in [1.807, 2.05) is 6.07 Å². The third-order valence-electron chi connectivity index (χ3n) is 4.25. The van der Waals surface area contributed by atoms with E-state index in [1.165, 1.54) is 23.5 Å². The lowest BCUT2D eigenvalue weighted by Crippen LogP contribution is -2.57. The van der Waals surface area contributed by atoms with Gasteiger partial charge >= 0.3 is 6.03 Å². The molecule has 1 saturated heterocycles. The van der Waals surface area contributed by atoms with Gasteiger partial charge in [-0.2, -0.15) is 0 Å². The van der Waals surface area contributed by atoms with E-state index in [0.717, 1.165) is 0 Å². The number of nitrogens with one attached hydrogen (secondary N) is 2. The molecule has 0 aliphatic carbocycles. The van der Waals surface area contributed by atoms with Crippen molar-refractivity contribution in [2.75, 3.05) is 31.6 Å². The zero-order chi connectivity index (χ0) is 18.6. The van der Waals surface area contributed by atoms with Crippen LogP contribution in [0.15, 0.2) is 42.7 Å². The number of nitrogens with zero attached hydrogens (tertiary/aromatic N) is 3. The van der Waals surface area contributed by atoms with Crippen LogP contribution in [0.5, 0.6) is 5.75 Å². The van der Waals surface area contributed by atoms with Gasteiger partial charge in [0.25, 0.3) is 0 Å². The quantitative estimate of drug-likeness (QED) is 0.720. The van der Waals surface area contributed by atoms with Crippen LogP contribution in [0.25, 0.3) is 10.2 Å². The summed E-state index contributed by atoms with van der Waals surface area (Å²) in [7, 11) is 0. The zero-order valence-corrected chi connectivity index (χ0v) is 15.2. The number of benzene rings is 1. The van der Waals surface area contributed by atoms with Crippen molar-refractivity contribution in [1.29, 1.82) is 0 Å². The number of thiazole rings is 1. The number of aromatic nitrogens is 2. The van der Waals surface area contributed by atoms with Crippen LogP contribution in [-0.4, -0.2) is 53.2 Å². The lowest BCUT2D eigenvalue weighted by Gasteiger charge is -2.35. The van der Waals surface area contributed by atoms with Crippen molar-refractivity contribution in [1.82, 2.24) is 20.2 Å². The summed E-state index contributed by atoms with van der Waals surface area (Å²) in [6.07, 6.45) is 3.32. The van der Waals surface area contributed by atoms with Crippen molar-refractivity contribution in [3.8, 4) is 5.75 Å². The van der Waals surface area contributed by atoms with Crippen molar-refractivity contribution >= 4 is 32.7 Å². The lowest BCUT2D eigenvalue weighted by atomic mass is 10.2. The molecule has 140 valence electrons. The van der Waals surface area contributed by atoms with Gasteiger partial charge in [-0.3, -0.25) is 10.3 Å². The Balaban J connectivity index is 1.43. The van der Waals surface area contributed by atoms with Gasteiger partial charge in [-0.25, -0.2) is 14.2 Å². The van der Waals surface area contributed by atoms with Gasteiger partial charge in [0.05, 0.1) is 22.5 Å². The number of amides is 2. The van der Waals surface area contributed by atoms with E-state index >= 15 is 0 Å². The maximum atomic E-state index is 13.3. The van der Waals surface area contributed by atoms with Crippen molar-refractivity contribution in [2.45, 2.75) is 6.04 Å². The molecule has 3 aromatic rings. The fraction of sp³-hybridized carbons (Fsp3) is 0.278. The van der Waals surface area contributed by atoms with Gasteiger partial charge in [0.1, 0.15) is 18.2 Å². The molecule has 2 N–H and O–H groups in total. The summed E-state index contributed by atoms with van der Waals surface area (Å²) in [4.78, 5) is 22.8. The average Bonchev–Trinajstić information content (AvgIpc) is 3.08. The Morgan fingerprint density at radius 2 is 2.37 bits per heavy atom. The number of pyridine rings is 1. The largest absolute Gasteiger partial charge is 0.490 e. The van der Waals surface area contributed by atoms with E-state index in [1.54, 1.807) is 29.4 Å². The minimum atomic E-state index is -0.321. The van der Waals surface area contributed by atoms with Gasteiger partial charge in [0, 0.05) is 25.8 Å². The lowest BCUT2D eigenvalue weighted by molar-refractivity contribution is 0.133. The molecule has 0 spiro atoms. The van der Waals surface area contributed by atoms with Crippen molar-refractivity contribution in [3.05, 3.63) is 48.5 Å². The standard InChI is InChI=1S/C18H18FN5O2S/c19-12-3-4-15-16(8-12)27-17(22-15)23-18(25)24-7-6-21-9-13(24)11-26-14-2-1-5-20-10-14/h1-5,8,10,13,21H,6-7,9,11H2,(H,22,23,25). The number of anilines is 1. The predicted molar refractivity (Wildman–Crippen MR) is 102 cm³/mol. The predicted octanol–water partition coefficient (Wildman–Crippen LogP) is 2.72. The molecule has 2 aromatic heterocycles. The first-order valence-corrected chi connectivity index (χ1v) is 9.38. The van der Waals surface area contributed by atoms with E-state index < -0.39 is 0 Å². The van der Waals surface area contributed by atoms with Crippen molar-refractivity contribution in [3.63, 3.8) is 0 Å². The second-order valence-corrected chi connectivity index (χ2v) is 7.14. The SMILES string of the molecule is O=C(Nc1nc2ccc(F)cc2s1)N1CCNCC1COc1cccnc1. The second-order valence-electron chi connectivity index (χ2n) is 6.11. The summed E-state index contributed by atoms with van der Waals surface area (Å²) in [5.74, 6) is 0.343. The minimum absolute atomic E-state index is 0.120. The molecule has 1 aliphatic rings. The Kier molecular flexibility index (Phi) is 5.12. The van der Waals surface area contributed by atoms with E-state index in [4.69, 9.17) is 4.74 Å². The third kappa shape index (κ3) is 4.15. The summed E-state index contributed by atoms with van der Waals surface area (Å²) in [6, 6.07) is 7.64. The van der Waals surface area contributed by atoms with E-state index in [-0.39, 0.29) is 17.9 Å². The number of fused-ring (bicyclic) bond motifs is 1.